The lowest BCUT2D eigenvalue weighted by atomic mass is 10.2. The molecule has 0 unspecified atom stereocenters. The van der Waals surface area contributed by atoms with Gasteiger partial charge in [-0.3, -0.25) is 0 Å². The highest BCUT2D eigenvalue weighted by Gasteiger charge is 2.24. The molecule has 0 spiro atoms. The minimum absolute atomic E-state index is 1.17. The van der Waals surface area contributed by atoms with Gasteiger partial charge in [0.15, 0.2) is 18.8 Å². The third-order valence-corrected chi connectivity index (χ3v) is 4.03. The van der Waals surface area contributed by atoms with Gasteiger partial charge >= 0.3 is 0 Å². The smallest absolute Gasteiger partial charge is 0.160 e. The van der Waals surface area contributed by atoms with Crippen molar-refractivity contribution in [2.24, 2.45) is 0 Å². The van der Waals surface area contributed by atoms with Crippen LogP contribution in [0.5, 0.6) is 0 Å². The predicted octanol–water partition coefficient (Wildman–Crippen LogP) is 2.53. The largest absolute Gasteiger partial charge is 0.359 e. The molecular formula is C15H21N2+. The molecule has 2 aliphatic rings. The van der Waals surface area contributed by atoms with Gasteiger partial charge < -0.3 is 4.90 Å². The molecule has 1 saturated heterocycles. The van der Waals surface area contributed by atoms with Gasteiger partial charge in [0.2, 0.25) is 0 Å². The Morgan fingerprint density at radius 2 is 1.53 bits per heavy atom. The topological polar surface area (TPSA) is 6.25 Å². The first kappa shape index (κ1) is 10.8. The maximum atomic E-state index is 2.63. The van der Waals surface area contributed by atoms with E-state index in [0.29, 0.717) is 0 Å². The standard InChI is InChI=1S/C15H21N2/c1-2-6-14(7-3-1)16-10-12-17(13-11-16)15-8-4-5-9-15/h1-3,6-7H,4-5,8-13H2/q+1. The molecule has 17 heavy (non-hydrogen) atoms. The molecule has 1 aromatic carbocycles. The monoisotopic (exact) mass is 229 g/mol. The predicted molar refractivity (Wildman–Crippen MR) is 72.1 cm³/mol. The Morgan fingerprint density at radius 1 is 0.882 bits per heavy atom. The molecule has 1 heterocycles. The van der Waals surface area contributed by atoms with Crippen molar-refractivity contribution in [3.05, 3.63) is 30.3 Å². The van der Waals surface area contributed by atoms with Crippen molar-refractivity contribution in [2.75, 3.05) is 31.1 Å². The van der Waals surface area contributed by atoms with Crippen LogP contribution in [0.15, 0.2) is 30.3 Å². The Hall–Kier alpha value is -1.31. The number of hydrogen-bond acceptors (Lipinski definition) is 1. The minimum Gasteiger partial charge on any atom is -0.359 e. The summed E-state index contributed by atoms with van der Waals surface area (Å²) in [5, 5.41) is 0. The fraction of sp³-hybridized carbons (Fsp3) is 0.533. The molecule has 1 aliphatic carbocycles. The summed E-state index contributed by atoms with van der Waals surface area (Å²) in [6.07, 6.45) is 5.53. The third-order valence-electron chi connectivity index (χ3n) is 4.03. The van der Waals surface area contributed by atoms with Crippen LogP contribution in [0.4, 0.5) is 5.69 Å². The van der Waals surface area contributed by atoms with Crippen LogP contribution in [-0.2, 0) is 0 Å². The zero-order valence-electron chi connectivity index (χ0n) is 10.4. The fourth-order valence-electron chi connectivity index (χ4n) is 3.02. The van der Waals surface area contributed by atoms with Crippen molar-refractivity contribution in [1.82, 2.24) is 0 Å². The third kappa shape index (κ3) is 2.36. The van der Waals surface area contributed by atoms with E-state index in [1.807, 2.05) is 0 Å². The summed E-state index contributed by atoms with van der Waals surface area (Å²) in [7, 11) is 0. The molecule has 90 valence electrons. The molecule has 2 heteroatoms. The number of rotatable bonds is 1. The molecule has 2 fully saturated rings. The van der Waals surface area contributed by atoms with Crippen LogP contribution in [0.3, 0.4) is 0 Å². The first-order chi connectivity index (χ1) is 8.43. The molecule has 1 saturated carbocycles. The van der Waals surface area contributed by atoms with Gasteiger partial charge in [0.25, 0.3) is 0 Å². The lowest BCUT2D eigenvalue weighted by Crippen LogP contribution is -2.43. The Morgan fingerprint density at radius 3 is 2.18 bits per heavy atom. The van der Waals surface area contributed by atoms with Crippen LogP contribution in [0, 0.1) is 0 Å². The molecule has 2 nitrogen and oxygen atoms in total. The van der Waals surface area contributed by atoms with Gasteiger partial charge in [0.1, 0.15) is 0 Å². The van der Waals surface area contributed by atoms with E-state index in [9.17, 15) is 0 Å². The average molecular weight is 229 g/mol. The molecule has 0 atom stereocenters. The number of benzene rings is 1. The van der Waals surface area contributed by atoms with E-state index in [-0.39, 0.29) is 0 Å². The number of anilines is 1. The van der Waals surface area contributed by atoms with E-state index in [1.54, 1.807) is 5.71 Å². The van der Waals surface area contributed by atoms with Gasteiger partial charge in [-0.25, -0.2) is 4.58 Å². The van der Waals surface area contributed by atoms with Crippen LogP contribution < -0.4 is 4.90 Å². The highest BCUT2D eigenvalue weighted by molar-refractivity contribution is 5.81. The van der Waals surface area contributed by atoms with Gasteiger partial charge in [-0.2, -0.15) is 0 Å². The van der Waals surface area contributed by atoms with E-state index in [4.69, 9.17) is 0 Å². The Bertz CT molecular complexity index is 390. The summed E-state index contributed by atoms with van der Waals surface area (Å²) in [6, 6.07) is 10.8. The SMILES string of the molecule is c1ccc(N2CC[N+](=C3CCCC3)CC2)cc1. The Labute approximate surface area is 104 Å². The minimum atomic E-state index is 1.17. The van der Waals surface area contributed by atoms with Crippen LogP contribution in [0.25, 0.3) is 0 Å². The molecule has 0 radical (unpaired) electrons. The molecule has 0 aromatic heterocycles. The lowest BCUT2D eigenvalue weighted by Gasteiger charge is -2.27. The molecule has 1 aliphatic heterocycles. The van der Waals surface area contributed by atoms with Crippen molar-refractivity contribution < 1.29 is 4.58 Å². The zero-order chi connectivity index (χ0) is 11.5. The quantitative estimate of drug-likeness (QED) is 0.671. The Kier molecular flexibility index (Phi) is 3.12. The summed E-state index contributed by atoms with van der Waals surface area (Å²) in [4.78, 5) is 2.51. The summed E-state index contributed by atoms with van der Waals surface area (Å²) in [6.45, 7) is 4.77. The molecule has 1 aromatic rings. The number of hydrogen-bond donors (Lipinski definition) is 0. The van der Waals surface area contributed by atoms with Crippen molar-refractivity contribution in [3.63, 3.8) is 0 Å². The van der Waals surface area contributed by atoms with Crippen molar-refractivity contribution >= 4 is 11.4 Å². The maximum absolute atomic E-state index is 2.63. The highest BCUT2D eigenvalue weighted by Crippen LogP contribution is 2.18. The number of piperazine rings is 1. The first-order valence-corrected chi connectivity index (χ1v) is 6.83. The molecule has 0 bridgehead atoms. The van der Waals surface area contributed by atoms with Crippen molar-refractivity contribution in [2.45, 2.75) is 25.7 Å². The van der Waals surface area contributed by atoms with E-state index >= 15 is 0 Å². The van der Waals surface area contributed by atoms with Crippen molar-refractivity contribution in [1.29, 1.82) is 0 Å². The molecule has 0 N–H and O–H groups in total. The van der Waals surface area contributed by atoms with Crippen LogP contribution in [0.1, 0.15) is 25.7 Å². The van der Waals surface area contributed by atoms with E-state index < -0.39 is 0 Å². The fourth-order valence-corrected chi connectivity index (χ4v) is 3.02. The lowest BCUT2D eigenvalue weighted by molar-refractivity contribution is -0.531. The number of nitrogens with zero attached hydrogens (tertiary/aromatic N) is 2. The van der Waals surface area contributed by atoms with Crippen LogP contribution in [0.2, 0.25) is 0 Å². The van der Waals surface area contributed by atoms with E-state index in [0.717, 1.165) is 0 Å². The van der Waals surface area contributed by atoms with Crippen molar-refractivity contribution in [3.8, 4) is 0 Å². The average Bonchev–Trinajstić information content (AvgIpc) is 2.94. The highest BCUT2D eigenvalue weighted by atomic mass is 15.2. The normalized spacial score (nSPS) is 21.1. The summed E-state index contributed by atoms with van der Waals surface area (Å²) in [5.74, 6) is 0. The summed E-state index contributed by atoms with van der Waals surface area (Å²) >= 11 is 0. The zero-order valence-corrected chi connectivity index (χ0v) is 10.4. The molecule has 3 rings (SSSR count). The van der Waals surface area contributed by atoms with Gasteiger partial charge in [-0.05, 0) is 25.0 Å². The number of para-hydroxylation sites is 1. The Balaban J connectivity index is 1.66. The van der Waals surface area contributed by atoms with E-state index in [2.05, 4.69) is 39.8 Å². The second-order valence-electron chi connectivity index (χ2n) is 5.08. The second kappa shape index (κ2) is 4.91. The molecule has 0 amide bonds. The second-order valence-corrected chi connectivity index (χ2v) is 5.08. The maximum Gasteiger partial charge on any atom is 0.160 e. The van der Waals surface area contributed by atoms with E-state index in [1.165, 1.54) is 57.5 Å². The van der Waals surface area contributed by atoms with Crippen LogP contribution >= 0.6 is 0 Å². The summed E-state index contributed by atoms with van der Waals surface area (Å²) in [5.41, 5.74) is 3.10. The first-order valence-electron chi connectivity index (χ1n) is 6.83. The van der Waals surface area contributed by atoms with Crippen LogP contribution in [-0.4, -0.2) is 36.5 Å². The molecular weight excluding hydrogens is 208 g/mol. The summed E-state index contributed by atoms with van der Waals surface area (Å²) < 4.78 is 2.63. The van der Waals surface area contributed by atoms with Gasteiger partial charge in [-0.15, -0.1) is 0 Å². The van der Waals surface area contributed by atoms with Gasteiger partial charge in [0.05, 0.1) is 13.1 Å². The van der Waals surface area contributed by atoms with Gasteiger partial charge in [-0.1, -0.05) is 18.2 Å². The van der Waals surface area contributed by atoms with Gasteiger partial charge in [0, 0.05) is 18.5 Å².